The molecule has 0 aliphatic rings. The predicted molar refractivity (Wildman–Crippen MR) is 88.5 cm³/mol. The van der Waals surface area contributed by atoms with Crippen LogP contribution < -0.4 is 5.14 Å². The summed E-state index contributed by atoms with van der Waals surface area (Å²) in [6.07, 6.45) is 0. The van der Waals surface area contributed by atoms with Crippen molar-refractivity contribution in [2.24, 2.45) is 5.14 Å². The summed E-state index contributed by atoms with van der Waals surface area (Å²) < 4.78 is 78.4. The van der Waals surface area contributed by atoms with Crippen LogP contribution in [0.5, 0.6) is 0 Å². The molecule has 0 atom stereocenters. The van der Waals surface area contributed by atoms with E-state index in [1.807, 2.05) is 0 Å². The van der Waals surface area contributed by atoms with Crippen molar-refractivity contribution in [2.75, 3.05) is 0 Å². The van der Waals surface area contributed by atoms with Crippen molar-refractivity contribution >= 4 is 10.0 Å². The molecule has 2 N–H and O–H groups in total. The van der Waals surface area contributed by atoms with Crippen LogP contribution >= 0.6 is 0 Å². The van der Waals surface area contributed by atoms with Crippen LogP contribution in [-0.4, -0.2) is 8.42 Å². The Hall–Kier alpha value is -2.71. The average molecular weight is 381 g/mol. The molecule has 26 heavy (non-hydrogen) atoms. The fourth-order valence-electron chi connectivity index (χ4n) is 2.66. The molecule has 0 saturated heterocycles. The van der Waals surface area contributed by atoms with Crippen LogP contribution in [0.15, 0.2) is 59.5 Å². The maximum Gasteiger partial charge on any atom is 0.238 e. The molecular formula is C18H11F4NO2S. The molecule has 0 fully saturated rings. The minimum atomic E-state index is -4.18. The first-order chi connectivity index (χ1) is 12.2. The Bertz CT molecular complexity index is 1090. The van der Waals surface area contributed by atoms with Crippen molar-refractivity contribution in [3.05, 3.63) is 77.9 Å². The van der Waals surface area contributed by atoms with E-state index in [0.717, 1.165) is 24.3 Å². The summed E-state index contributed by atoms with van der Waals surface area (Å²) >= 11 is 0. The largest absolute Gasteiger partial charge is 0.238 e. The molecule has 0 aromatic heterocycles. The zero-order chi connectivity index (χ0) is 19.1. The Morgan fingerprint density at radius 1 is 0.692 bits per heavy atom. The van der Waals surface area contributed by atoms with E-state index in [4.69, 9.17) is 5.14 Å². The second-order valence-electron chi connectivity index (χ2n) is 5.51. The Morgan fingerprint density at radius 3 is 1.81 bits per heavy atom. The highest BCUT2D eigenvalue weighted by molar-refractivity contribution is 7.89. The molecule has 8 heteroatoms. The first-order valence-corrected chi connectivity index (χ1v) is 8.79. The maximum atomic E-state index is 13.8. The van der Waals surface area contributed by atoms with Gasteiger partial charge in [0.15, 0.2) is 11.6 Å². The van der Waals surface area contributed by atoms with Gasteiger partial charge in [0, 0.05) is 11.6 Å². The van der Waals surface area contributed by atoms with Gasteiger partial charge >= 0.3 is 0 Å². The third-order valence-electron chi connectivity index (χ3n) is 3.72. The smallest absolute Gasteiger partial charge is 0.225 e. The fourth-order valence-corrected chi connectivity index (χ4v) is 3.41. The number of halogens is 4. The van der Waals surface area contributed by atoms with E-state index >= 15 is 0 Å². The van der Waals surface area contributed by atoms with Gasteiger partial charge in [0.1, 0.15) is 11.6 Å². The van der Waals surface area contributed by atoms with Crippen LogP contribution in [0, 0.1) is 23.3 Å². The van der Waals surface area contributed by atoms with Gasteiger partial charge in [-0.3, -0.25) is 0 Å². The van der Waals surface area contributed by atoms with Crippen molar-refractivity contribution in [1.29, 1.82) is 0 Å². The molecule has 3 aromatic rings. The van der Waals surface area contributed by atoms with E-state index in [0.29, 0.717) is 6.07 Å². The van der Waals surface area contributed by atoms with Crippen LogP contribution in [0.3, 0.4) is 0 Å². The van der Waals surface area contributed by atoms with E-state index in [2.05, 4.69) is 0 Å². The minimum absolute atomic E-state index is 0.0198. The monoisotopic (exact) mass is 381 g/mol. The van der Waals surface area contributed by atoms with Crippen LogP contribution in [-0.2, 0) is 10.0 Å². The van der Waals surface area contributed by atoms with Crippen LogP contribution in [0.25, 0.3) is 22.3 Å². The standard InChI is InChI=1S/C18H11F4NO2S/c19-11-5-10(6-12(20)7-11)14-8-16(21)17(22)9-15(14)13-3-1-2-4-18(13)26(23,24)25/h1-9H,(H2,23,24,25). The highest BCUT2D eigenvalue weighted by Crippen LogP contribution is 2.37. The third-order valence-corrected chi connectivity index (χ3v) is 4.69. The van der Waals surface area contributed by atoms with Gasteiger partial charge in [-0.15, -0.1) is 0 Å². The Kier molecular flexibility index (Phi) is 4.55. The van der Waals surface area contributed by atoms with E-state index in [9.17, 15) is 26.0 Å². The van der Waals surface area contributed by atoms with Gasteiger partial charge in [-0.2, -0.15) is 0 Å². The maximum absolute atomic E-state index is 13.8. The van der Waals surface area contributed by atoms with Crippen molar-refractivity contribution in [3.63, 3.8) is 0 Å². The number of benzene rings is 3. The summed E-state index contributed by atoms with van der Waals surface area (Å²) in [6, 6.07) is 9.41. The molecule has 134 valence electrons. The van der Waals surface area contributed by atoms with E-state index < -0.39 is 33.3 Å². The van der Waals surface area contributed by atoms with Gasteiger partial charge in [0.2, 0.25) is 10.0 Å². The molecule has 0 bridgehead atoms. The van der Waals surface area contributed by atoms with Crippen molar-refractivity contribution < 1.29 is 26.0 Å². The normalized spacial score (nSPS) is 11.6. The Morgan fingerprint density at radius 2 is 1.23 bits per heavy atom. The first kappa shape index (κ1) is 18.1. The number of rotatable bonds is 3. The summed E-state index contributed by atoms with van der Waals surface area (Å²) in [6.45, 7) is 0. The van der Waals surface area contributed by atoms with Crippen LogP contribution in [0.1, 0.15) is 0 Å². The molecule has 0 amide bonds. The van der Waals surface area contributed by atoms with E-state index in [1.165, 1.54) is 24.3 Å². The summed E-state index contributed by atoms with van der Waals surface area (Å²) in [5.74, 6) is -4.34. The number of hydrogen-bond donors (Lipinski definition) is 1. The summed E-state index contributed by atoms with van der Waals surface area (Å²) in [5.41, 5.74) is -0.258. The number of sulfonamides is 1. The molecule has 0 heterocycles. The molecule has 3 rings (SSSR count). The van der Waals surface area contributed by atoms with Gasteiger partial charge in [-0.1, -0.05) is 18.2 Å². The highest BCUT2D eigenvalue weighted by Gasteiger charge is 2.20. The molecule has 0 radical (unpaired) electrons. The lowest BCUT2D eigenvalue weighted by Crippen LogP contribution is -2.13. The SMILES string of the molecule is NS(=O)(=O)c1ccccc1-c1cc(F)c(F)cc1-c1cc(F)cc(F)c1. The number of primary sulfonamides is 1. The summed E-state index contributed by atoms with van der Waals surface area (Å²) in [7, 11) is -4.18. The Labute approximate surface area is 146 Å². The molecule has 0 aliphatic heterocycles. The molecule has 3 nitrogen and oxygen atoms in total. The molecule has 0 aliphatic carbocycles. The predicted octanol–water partition coefficient (Wildman–Crippen LogP) is 4.22. The minimum Gasteiger partial charge on any atom is -0.225 e. The van der Waals surface area contributed by atoms with Crippen molar-refractivity contribution in [2.45, 2.75) is 4.90 Å². The van der Waals surface area contributed by atoms with Gasteiger partial charge in [0.25, 0.3) is 0 Å². The molecular weight excluding hydrogens is 370 g/mol. The number of nitrogens with two attached hydrogens (primary N) is 1. The second-order valence-corrected chi connectivity index (χ2v) is 7.04. The molecule has 0 unspecified atom stereocenters. The highest BCUT2D eigenvalue weighted by atomic mass is 32.2. The zero-order valence-electron chi connectivity index (χ0n) is 13.0. The quantitative estimate of drug-likeness (QED) is 0.691. The van der Waals surface area contributed by atoms with Crippen molar-refractivity contribution in [3.8, 4) is 22.3 Å². The molecule has 0 spiro atoms. The number of hydrogen-bond acceptors (Lipinski definition) is 2. The van der Waals surface area contributed by atoms with Gasteiger partial charge in [0.05, 0.1) is 4.90 Å². The van der Waals surface area contributed by atoms with Crippen molar-refractivity contribution in [1.82, 2.24) is 0 Å². The first-order valence-electron chi connectivity index (χ1n) is 7.24. The summed E-state index contributed by atoms with van der Waals surface area (Å²) in [4.78, 5) is -0.330. The molecule has 3 aromatic carbocycles. The van der Waals surface area contributed by atoms with Gasteiger partial charge < -0.3 is 0 Å². The van der Waals surface area contributed by atoms with E-state index in [1.54, 1.807) is 0 Å². The third kappa shape index (κ3) is 3.47. The fraction of sp³-hybridized carbons (Fsp3) is 0. The second kappa shape index (κ2) is 6.54. The molecule has 0 saturated carbocycles. The lowest BCUT2D eigenvalue weighted by Gasteiger charge is -2.14. The van der Waals surface area contributed by atoms with Crippen LogP contribution in [0.4, 0.5) is 17.6 Å². The Balaban J connectivity index is 2.39. The van der Waals surface area contributed by atoms with E-state index in [-0.39, 0.29) is 27.1 Å². The topological polar surface area (TPSA) is 60.2 Å². The van der Waals surface area contributed by atoms with Crippen LogP contribution in [0.2, 0.25) is 0 Å². The average Bonchev–Trinajstić information content (AvgIpc) is 2.55. The lowest BCUT2D eigenvalue weighted by molar-refractivity contribution is 0.509. The van der Waals surface area contributed by atoms with Gasteiger partial charge in [-0.05, 0) is 47.0 Å². The lowest BCUT2D eigenvalue weighted by atomic mass is 9.94. The van der Waals surface area contributed by atoms with Gasteiger partial charge in [-0.25, -0.2) is 31.1 Å². The summed E-state index contributed by atoms with van der Waals surface area (Å²) in [5, 5.41) is 5.18. The zero-order valence-corrected chi connectivity index (χ0v) is 13.8.